The molecule has 0 unspecified atom stereocenters. The van der Waals surface area contributed by atoms with Crippen molar-refractivity contribution in [1.29, 1.82) is 0 Å². The zero-order chi connectivity index (χ0) is 38.2. The lowest BCUT2D eigenvalue weighted by atomic mass is 9.80. The summed E-state index contributed by atoms with van der Waals surface area (Å²) in [7, 11) is 3.15. The molecule has 1 aliphatic heterocycles. The van der Waals surface area contributed by atoms with E-state index in [1.807, 2.05) is 78.9 Å². The highest BCUT2D eigenvalue weighted by molar-refractivity contribution is 5.81. The van der Waals surface area contributed by atoms with Gasteiger partial charge in [-0.25, -0.2) is 4.79 Å². The first-order chi connectivity index (χ1) is 25.3. The largest absolute Gasteiger partial charge is 0.497 e. The number of benzene rings is 3. The Morgan fingerprint density at radius 3 is 2.09 bits per heavy atom. The minimum atomic E-state index is -5.01. The number of nitrogens with zero attached hydrogens (tertiary/aromatic N) is 2. The summed E-state index contributed by atoms with van der Waals surface area (Å²) in [5, 5.41) is 1.72. The van der Waals surface area contributed by atoms with Crippen LogP contribution in [0.4, 0.5) is 19.0 Å². The van der Waals surface area contributed by atoms with Crippen LogP contribution in [0.5, 0.6) is 11.5 Å². The summed E-state index contributed by atoms with van der Waals surface area (Å²) in [6.45, 7) is 0.776. The summed E-state index contributed by atoms with van der Waals surface area (Å²) < 4.78 is 68.4. The molecule has 0 bridgehead atoms. The Balaban J connectivity index is 1.46. The van der Waals surface area contributed by atoms with Crippen LogP contribution in [0.3, 0.4) is 0 Å². The number of anilines is 1. The third-order valence-corrected chi connectivity index (χ3v) is 8.44. The zero-order valence-corrected chi connectivity index (χ0v) is 29.0. The molecule has 278 valence electrons. The molecule has 5 rings (SSSR count). The van der Waals surface area contributed by atoms with Gasteiger partial charge in [-0.3, -0.25) is 14.2 Å². The Morgan fingerprint density at radius 1 is 0.962 bits per heavy atom. The number of ether oxygens (including phenoxy) is 5. The van der Waals surface area contributed by atoms with Crippen molar-refractivity contribution in [2.45, 2.75) is 50.0 Å². The molecule has 0 spiro atoms. The molecule has 1 aliphatic rings. The second-order valence-corrected chi connectivity index (χ2v) is 11.9. The average molecular weight is 735 g/mol. The Kier molecular flexibility index (Phi) is 12.1. The van der Waals surface area contributed by atoms with E-state index in [1.54, 1.807) is 19.5 Å². The molecule has 3 N–H and O–H groups in total. The number of hydrogen-bond donors (Lipinski definition) is 2. The fraction of sp³-hybridized carbons (Fsp3) is 0.316. The summed E-state index contributed by atoms with van der Waals surface area (Å²) in [6, 6.07) is 24.4. The number of amides is 1. The van der Waals surface area contributed by atoms with Crippen LogP contribution in [-0.4, -0.2) is 67.2 Å². The standard InChI is InChI=1S/C38H37F3N4O8/c1-24(46)52-31-21-33(45-22-25(34(42)44-36(45)48)9-7-8-20-43-35(47)38(39,40)41)53-32(31)23-51-37(26-10-5-4-6-11-26,27-12-16-29(49-2)17-13-27)28-14-18-30(50-3)19-15-28/h4-6,10-19,22,31-33H,8,20-21,23H2,1-3H3,(H,43,47)(H2,42,44,48)/t31-,32+,33+/m0/s1. The molecule has 53 heavy (non-hydrogen) atoms. The van der Waals surface area contributed by atoms with Gasteiger partial charge in [0.05, 0.1) is 26.4 Å². The zero-order valence-electron chi connectivity index (χ0n) is 29.0. The highest BCUT2D eigenvalue weighted by atomic mass is 19.4. The molecule has 12 nitrogen and oxygen atoms in total. The molecule has 1 amide bonds. The molecule has 1 saturated heterocycles. The maximum atomic E-state index is 13.1. The lowest BCUT2D eigenvalue weighted by molar-refractivity contribution is -0.173. The van der Waals surface area contributed by atoms with Crippen LogP contribution >= 0.6 is 0 Å². The van der Waals surface area contributed by atoms with Crippen molar-refractivity contribution >= 4 is 17.7 Å². The van der Waals surface area contributed by atoms with Gasteiger partial charge in [-0.2, -0.15) is 18.2 Å². The third kappa shape index (κ3) is 8.97. The van der Waals surface area contributed by atoms with Crippen molar-refractivity contribution in [2.75, 3.05) is 33.1 Å². The molecule has 15 heteroatoms. The van der Waals surface area contributed by atoms with E-state index in [2.05, 4.69) is 16.8 Å². The Morgan fingerprint density at radius 2 is 1.55 bits per heavy atom. The SMILES string of the molecule is COc1ccc(C(OC[C@H]2O[C@@H](n3cc(C#CCCNC(=O)C(F)(F)F)c(N)nc3=O)C[C@@H]2OC(C)=O)(c2ccccc2)c2ccc(OC)cc2)cc1. The minimum absolute atomic E-state index is 0.0405. The number of aromatic nitrogens is 2. The quantitative estimate of drug-likeness (QED) is 0.0922. The molecule has 0 saturated carbocycles. The van der Waals surface area contributed by atoms with Gasteiger partial charge < -0.3 is 34.7 Å². The van der Waals surface area contributed by atoms with Crippen LogP contribution < -0.4 is 26.2 Å². The van der Waals surface area contributed by atoms with Crippen molar-refractivity contribution in [3.63, 3.8) is 0 Å². The molecule has 3 aromatic carbocycles. The number of rotatable bonds is 12. The summed E-state index contributed by atoms with van der Waals surface area (Å²) >= 11 is 0. The van der Waals surface area contributed by atoms with Gasteiger partial charge in [0.15, 0.2) is 0 Å². The molecule has 4 aromatic rings. The molecule has 1 aromatic heterocycles. The molecule has 0 radical (unpaired) electrons. The van der Waals surface area contributed by atoms with Crippen LogP contribution in [0, 0.1) is 11.8 Å². The predicted molar refractivity (Wildman–Crippen MR) is 186 cm³/mol. The van der Waals surface area contributed by atoms with Crippen LogP contribution in [-0.2, 0) is 29.4 Å². The van der Waals surface area contributed by atoms with E-state index in [1.165, 1.54) is 13.1 Å². The molecular weight excluding hydrogens is 697 g/mol. The number of methoxy groups -OCH3 is 2. The number of halogens is 3. The normalized spacial score (nSPS) is 17.0. The van der Waals surface area contributed by atoms with Crippen LogP contribution in [0.15, 0.2) is 89.9 Å². The number of nitrogen functional groups attached to an aromatic ring is 1. The first-order valence-corrected chi connectivity index (χ1v) is 16.4. The Labute approximate surface area is 303 Å². The lowest BCUT2D eigenvalue weighted by Crippen LogP contribution is -2.39. The van der Waals surface area contributed by atoms with Gasteiger partial charge >= 0.3 is 23.7 Å². The first kappa shape index (κ1) is 38.4. The van der Waals surface area contributed by atoms with Gasteiger partial charge in [-0.05, 0) is 41.0 Å². The van der Waals surface area contributed by atoms with Crippen molar-refractivity contribution in [3.05, 3.63) is 118 Å². The van der Waals surface area contributed by atoms with E-state index >= 15 is 0 Å². The number of hydrogen-bond acceptors (Lipinski definition) is 10. The maximum absolute atomic E-state index is 13.1. The topological polar surface area (TPSA) is 153 Å². The molecule has 3 atom stereocenters. The highest BCUT2D eigenvalue weighted by Crippen LogP contribution is 2.43. The monoisotopic (exact) mass is 734 g/mol. The summed E-state index contributed by atoms with van der Waals surface area (Å²) in [6.07, 6.45) is -6.52. The van der Waals surface area contributed by atoms with Gasteiger partial charge in [0.25, 0.3) is 0 Å². The number of nitrogens with two attached hydrogens (primary N) is 1. The van der Waals surface area contributed by atoms with Crippen molar-refractivity contribution < 1.29 is 46.4 Å². The van der Waals surface area contributed by atoms with E-state index in [4.69, 9.17) is 29.4 Å². The lowest BCUT2D eigenvalue weighted by Gasteiger charge is -2.37. The van der Waals surface area contributed by atoms with Gasteiger partial charge in [0, 0.05) is 32.5 Å². The van der Waals surface area contributed by atoms with Crippen LogP contribution in [0.25, 0.3) is 0 Å². The van der Waals surface area contributed by atoms with E-state index in [0.29, 0.717) is 11.5 Å². The molecule has 2 heterocycles. The summed E-state index contributed by atoms with van der Waals surface area (Å²) in [5.41, 5.74) is 6.35. The van der Waals surface area contributed by atoms with Gasteiger partial charge in [0.2, 0.25) is 0 Å². The number of carbonyl (C=O) groups excluding carboxylic acids is 2. The van der Waals surface area contributed by atoms with Crippen molar-refractivity contribution in [3.8, 4) is 23.3 Å². The number of carbonyl (C=O) groups is 2. The fourth-order valence-electron chi connectivity index (χ4n) is 5.92. The average Bonchev–Trinajstić information content (AvgIpc) is 3.54. The molecule has 1 fully saturated rings. The predicted octanol–water partition coefficient (Wildman–Crippen LogP) is 4.49. The Bertz CT molecular complexity index is 1960. The molecule has 0 aliphatic carbocycles. The number of nitrogens with one attached hydrogen (secondary N) is 1. The van der Waals surface area contributed by atoms with Crippen molar-refractivity contribution in [1.82, 2.24) is 14.9 Å². The van der Waals surface area contributed by atoms with Gasteiger partial charge in [0.1, 0.15) is 41.4 Å². The molecular formula is C38H37F3N4O8. The smallest absolute Gasteiger partial charge is 0.471 e. The highest BCUT2D eigenvalue weighted by Gasteiger charge is 2.44. The second kappa shape index (κ2) is 16.7. The first-order valence-electron chi connectivity index (χ1n) is 16.4. The van der Waals surface area contributed by atoms with Crippen molar-refractivity contribution in [2.24, 2.45) is 0 Å². The van der Waals surface area contributed by atoms with Gasteiger partial charge in [-0.15, -0.1) is 0 Å². The van der Waals surface area contributed by atoms with E-state index in [-0.39, 0.29) is 37.4 Å². The van der Waals surface area contributed by atoms with Crippen LogP contribution in [0.1, 0.15) is 48.2 Å². The third-order valence-electron chi connectivity index (χ3n) is 8.44. The Hall–Kier alpha value is -5.85. The maximum Gasteiger partial charge on any atom is 0.471 e. The van der Waals surface area contributed by atoms with E-state index in [0.717, 1.165) is 21.3 Å². The minimum Gasteiger partial charge on any atom is -0.497 e. The van der Waals surface area contributed by atoms with E-state index in [9.17, 15) is 27.6 Å². The number of esters is 1. The summed E-state index contributed by atoms with van der Waals surface area (Å²) in [4.78, 5) is 40.2. The second-order valence-electron chi connectivity index (χ2n) is 11.9. The van der Waals surface area contributed by atoms with Gasteiger partial charge in [-0.1, -0.05) is 66.4 Å². The number of alkyl halides is 3. The van der Waals surface area contributed by atoms with Crippen LogP contribution in [0.2, 0.25) is 0 Å². The fourth-order valence-corrected chi connectivity index (χ4v) is 5.92. The summed E-state index contributed by atoms with van der Waals surface area (Å²) in [5.74, 6) is 3.71. The van der Waals surface area contributed by atoms with E-state index < -0.39 is 47.8 Å².